The number of nitrogens with one attached hydrogen (secondary N) is 1. The van der Waals surface area contributed by atoms with E-state index in [-0.39, 0.29) is 46.0 Å². The Labute approximate surface area is 340 Å². The number of fused-ring (bicyclic) bond motifs is 4. The van der Waals surface area contributed by atoms with Crippen molar-refractivity contribution in [3.63, 3.8) is 0 Å². The molecular formula is C39H34F4N10O8. The van der Waals surface area contributed by atoms with E-state index < -0.39 is 36.5 Å². The van der Waals surface area contributed by atoms with Gasteiger partial charge in [-0.2, -0.15) is 27.8 Å². The van der Waals surface area contributed by atoms with E-state index in [9.17, 15) is 37.1 Å². The minimum absolute atomic E-state index is 0.0105. The van der Waals surface area contributed by atoms with Gasteiger partial charge >= 0.3 is 31.1 Å². The lowest BCUT2D eigenvalue weighted by molar-refractivity contribution is -0.156. The number of aromatic carboxylic acids is 1. The van der Waals surface area contributed by atoms with E-state index in [0.29, 0.717) is 50.2 Å². The van der Waals surface area contributed by atoms with Crippen molar-refractivity contribution in [2.45, 2.75) is 40.7 Å². The maximum Gasteiger partial charge on any atom is 0.387 e. The predicted octanol–water partition coefficient (Wildman–Crippen LogP) is 6.73. The van der Waals surface area contributed by atoms with Crippen LogP contribution in [0.15, 0.2) is 61.2 Å². The minimum atomic E-state index is -2.97. The molecule has 0 bridgehead atoms. The van der Waals surface area contributed by atoms with E-state index in [1.54, 1.807) is 56.4 Å². The van der Waals surface area contributed by atoms with Crippen molar-refractivity contribution in [1.82, 2.24) is 49.0 Å². The Balaban J connectivity index is 0.000000192. The van der Waals surface area contributed by atoms with Crippen LogP contribution in [0.4, 0.5) is 17.6 Å². The SMILES string of the molecule is COC(=O)c1cn(COC(=O)C(C)(C)C)c2ncc(-c3nn(C)c4ccc(OC(F)F)cc34)nc12.Cn1nc(-c2cnc3[nH]cc(C(=O)O)c3n2)c2cc(OC(F)F)ccc21. The zero-order valence-electron chi connectivity index (χ0n) is 33.0. The van der Waals surface area contributed by atoms with Gasteiger partial charge in [0.25, 0.3) is 0 Å². The van der Waals surface area contributed by atoms with Gasteiger partial charge in [-0.05, 0) is 57.2 Å². The van der Waals surface area contributed by atoms with Gasteiger partial charge in [0.15, 0.2) is 18.0 Å². The number of aromatic amines is 1. The third kappa shape index (κ3) is 8.31. The van der Waals surface area contributed by atoms with E-state index in [2.05, 4.69) is 44.6 Å². The number of ether oxygens (including phenoxy) is 4. The summed E-state index contributed by atoms with van der Waals surface area (Å²) in [5.41, 5.74) is 3.10. The van der Waals surface area contributed by atoms with Gasteiger partial charge in [-0.1, -0.05) is 0 Å². The first-order chi connectivity index (χ1) is 28.9. The van der Waals surface area contributed by atoms with E-state index in [0.717, 1.165) is 0 Å². The molecule has 2 N–H and O–H groups in total. The Morgan fingerprint density at radius 3 is 1.85 bits per heavy atom. The second-order valence-electron chi connectivity index (χ2n) is 14.3. The van der Waals surface area contributed by atoms with Crippen LogP contribution in [0.25, 0.3) is 66.9 Å². The molecule has 0 fully saturated rings. The van der Waals surface area contributed by atoms with Crippen molar-refractivity contribution in [1.29, 1.82) is 0 Å². The summed E-state index contributed by atoms with van der Waals surface area (Å²) >= 11 is 0. The summed E-state index contributed by atoms with van der Waals surface area (Å²) in [6.07, 6.45) is 5.63. The number of aryl methyl sites for hydroxylation is 2. The molecule has 18 nitrogen and oxygen atoms in total. The Kier molecular flexibility index (Phi) is 11.0. The number of rotatable bonds is 10. The molecule has 0 unspecified atom stereocenters. The lowest BCUT2D eigenvalue weighted by Crippen LogP contribution is -2.24. The maximum atomic E-state index is 12.7. The number of H-pyrrole nitrogens is 1. The van der Waals surface area contributed by atoms with Gasteiger partial charge in [0, 0.05) is 37.3 Å². The van der Waals surface area contributed by atoms with Crippen LogP contribution in [0.2, 0.25) is 0 Å². The molecule has 0 radical (unpaired) electrons. The molecule has 6 aromatic heterocycles. The normalized spacial score (nSPS) is 11.7. The fraction of sp³-hybridized carbons (Fsp3) is 0.256. The van der Waals surface area contributed by atoms with Gasteiger partial charge in [0.2, 0.25) is 0 Å². The number of alkyl halides is 4. The van der Waals surface area contributed by atoms with Gasteiger partial charge in [0.1, 0.15) is 56.4 Å². The number of carboxylic acid groups (broad SMARTS) is 1. The van der Waals surface area contributed by atoms with Crippen molar-refractivity contribution in [3.05, 3.63) is 72.3 Å². The quantitative estimate of drug-likeness (QED) is 0.108. The lowest BCUT2D eigenvalue weighted by Gasteiger charge is -2.16. The summed E-state index contributed by atoms with van der Waals surface area (Å²) in [6.45, 7) is -0.920. The molecule has 0 aliphatic heterocycles. The predicted molar refractivity (Wildman–Crippen MR) is 208 cm³/mol. The zero-order chi connectivity index (χ0) is 43.9. The molecule has 0 amide bonds. The van der Waals surface area contributed by atoms with Crippen LogP contribution < -0.4 is 9.47 Å². The number of benzene rings is 2. The first-order valence-electron chi connectivity index (χ1n) is 18.0. The fourth-order valence-electron chi connectivity index (χ4n) is 6.26. The highest BCUT2D eigenvalue weighted by Gasteiger charge is 2.26. The number of esters is 2. The van der Waals surface area contributed by atoms with Gasteiger partial charge < -0.3 is 29.0 Å². The Morgan fingerprint density at radius 2 is 1.34 bits per heavy atom. The van der Waals surface area contributed by atoms with Crippen molar-refractivity contribution >= 4 is 62.0 Å². The van der Waals surface area contributed by atoms with Gasteiger partial charge in [-0.15, -0.1) is 0 Å². The largest absolute Gasteiger partial charge is 0.478 e. The Morgan fingerprint density at radius 1 is 0.803 bits per heavy atom. The van der Waals surface area contributed by atoms with Crippen LogP contribution in [0, 0.1) is 5.41 Å². The van der Waals surface area contributed by atoms with Gasteiger partial charge in [-0.25, -0.2) is 29.5 Å². The number of hydrogen-bond acceptors (Lipinski definition) is 13. The molecule has 0 saturated carbocycles. The summed E-state index contributed by atoms with van der Waals surface area (Å²) in [7, 11) is 4.63. The molecule has 8 aromatic rings. The first kappa shape index (κ1) is 41.5. The number of carboxylic acids is 1. The van der Waals surface area contributed by atoms with Crippen LogP contribution in [0.1, 0.15) is 41.5 Å². The van der Waals surface area contributed by atoms with Crippen molar-refractivity contribution in [2.24, 2.45) is 19.5 Å². The minimum Gasteiger partial charge on any atom is -0.478 e. The Hall–Kier alpha value is -7.65. The smallest absolute Gasteiger partial charge is 0.387 e. The molecule has 0 atom stereocenters. The van der Waals surface area contributed by atoms with Crippen molar-refractivity contribution in [2.75, 3.05) is 7.11 Å². The van der Waals surface area contributed by atoms with Gasteiger partial charge in [0.05, 0.1) is 36.0 Å². The molecule has 2 aromatic carbocycles. The molecule has 316 valence electrons. The molecule has 0 aliphatic carbocycles. The second-order valence-corrected chi connectivity index (χ2v) is 14.3. The molecule has 0 aliphatic rings. The summed E-state index contributed by atoms with van der Waals surface area (Å²) in [5.74, 6) is -2.26. The van der Waals surface area contributed by atoms with E-state index in [1.807, 2.05) is 0 Å². The Bertz CT molecular complexity index is 2990. The summed E-state index contributed by atoms with van der Waals surface area (Å²) in [4.78, 5) is 56.2. The maximum absolute atomic E-state index is 12.7. The third-order valence-electron chi connectivity index (χ3n) is 9.11. The average molecular weight is 847 g/mol. The highest BCUT2D eigenvalue weighted by molar-refractivity contribution is 6.03. The topological polar surface area (TPSA) is 216 Å². The number of aromatic nitrogens is 10. The third-order valence-corrected chi connectivity index (χ3v) is 9.11. The molecule has 8 rings (SSSR count). The van der Waals surface area contributed by atoms with E-state index >= 15 is 0 Å². The molecule has 61 heavy (non-hydrogen) atoms. The molecule has 0 saturated heterocycles. The zero-order valence-corrected chi connectivity index (χ0v) is 33.0. The number of hydrogen-bond donors (Lipinski definition) is 2. The number of halogens is 4. The highest BCUT2D eigenvalue weighted by atomic mass is 19.3. The first-order valence-corrected chi connectivity index (χ1v) is 18.0. The van der Waals surface area contributed by atoms with Crippen LogP contribution >= 0.6 is 0 Å². The average Bonchev–Trinajstić information content (AvgIpc) is 3.97. The van der Waals surface area contributed by atoms with Crippen LogP contribution in [-0.2, 0) is 35.1 Å². The number of nitrogens with zero attached hydrogens (tertiary/aromatic N) is 9. The van der Waals surface area contributed by atoms with E-state index in [4.69, 9.17) is 9.47 Å². The summed E-state index contributed by atoms with van der Waals surface area (Å²) in [5, 5.41) is 19.1. The van der Waals surface area contributed by atoms with E-state index in [1.165, 1.54) is 60.7 Å². The molecular weight excluding hydrogens is 812 g/mol. The lowest BCUT2D eigenvalue weighted by atomic mass is 9.98. The monoisotopic (exact) mass is 846 g/mol. The second kappa shape index (κ2) is 16.2. The molecule has 0 spiro atoms. The highest BCUT2D eigenvalue weighted by Crippen LogP contribution is 2.33. The van der Waals surface area contributed by atoms with Crippen molar-refractivity contribution < 1.29 is 56.0 Å². The van der Waals surface area contributed by atoms with Gasteiger partial charge in [-0.3, -0.25) is 18.7 Å². The summed E-state index contributed by atoms with van der Waals surface area (Å²) in [6, 6.07) is 8.93. The summed E-state index contributed by atoms with van der Waals surface area (Å²) < 4.78 is 74.2. The number of methoxy groups -OCH3 is 1. The standard InChI is InChI=1S/C23H23F2N5O5.C16H11F2N5O3/c1-23(2,3)21(32)34-11-30-10-14(20(31)33-5)18-19(30)26-9-15(27-18)17-13-8-12(35-22(24)25)6-7-16(13)29(4)28-17;1-23-11-3-2-7(26-16(17)18)4-8(11)12(22-23)10-6-20-14-13(21-10)9(5-19-14)15(24)25/h6-10,22H,11H2,1-5H3;2-6,16H,1H3,(H,19,20)(H,24,25). The fourth-order valence-corrected chi connectivity index (χ4v) is 6.26. The van der Waals surface area contributed by atoms with Crippen LogP contribution in [0.5, 0.6) is 11.5 Å². The van der Waals surface area contributed by atoms with Crippen molar-refractivity contribution in [3.8, 4) is 34.3 Å². The number of carbonyl (C=O) groups is 3. The molecule has 22 heteroatoms. The molecule has 6 heterocycles. The van der Waals surface area contributed by atoms with Crippen LogP contribution in [-0.4, -0.2) is 92.4 Å². The number of carbonyl (C=O) groups excluding carboxylic acids is 2. The van der Waals surface area contributed by atoms with Crippen LogP contribution in [0.3, 0.4) is 0 Å².